The molecule has 0 radical (unpaired) electrons. The maximum atomic E-state index is 12.1. The second-order valence-corrected chi connectivity index (χ2v) is 5.43. The van der Waals surface area contributed by atoms with Crippen LogP contribution < -0.4 is 4.74 Å². The normalized spacial score (nSPS) is 19.1. The van der Waals surface area contributed by atoms with Crippen molar-refractivity contribution in [3.63, 3.8) is 0 Å². The van der Waals surface area contributed by atoms with Crippen LogP contribution >= 0.6 is 0 Å². The van der Waals surface area contributed by atoms with Crippen molar-refractivity contribution in [1.29, 1.82) is 0 Å². The van der Waals surface area contributed by atoms with E-state index in [4.69, 9.17) is 4.74 Å². The summed E-state index contributed by atoms with van der Waals surface area (Å²) in [6.45, 7) is 4.31. The summed E-state index contributed by atoms with van der Waals surface area (Å²) in [5, 5.41) is 0. The smallest absolute Gasteiger partial charge is 0.246 e. The van der Waals surface area contributed by atoms with Gasteiger partial charge in [0, 0.05) is 38.7 Å². The minimum atomic E-state index is 0.106. The van der Waals surface area contributed by atoms with Crippen LogP contribution in [0.2, 0.25) is 0 Å². The number of ether oxygens (including phenoxy) is 1. The second-order valence-electron chi connectivity index (χ2n) is 5.43. The Kier molecular flexibility index (Phi) is 3.74. The van der Waals surface area contributed by atoms with Gasteiger partial charge in [0.15, 0.2) is 0 Å². The molecular weight excluding hydrogens is 252 g/mol. The Labute approximate surface area is 119 Å². The van der Waals surface area contributed by atoms with E-state index in [1.807, 2.05) is 23.1 Å². The van der Waals surface area contributed by atoms with Crippen LogP contribution in [0.3, 0.4) is 0 Å². The standard InChI is InChI=1S/C16H20N2O2/c1-17-7-9-18(10-8-17)16(19)5-3-13-2-4-15-14(12-13)6-11-20-15/h2-5,12H,6-11H2,1H3/b5-3+. The molecule has 0 atom stereocenters. The molecule has 1 fully saturated rings. The molecule has 4 heteroatoms. The lowest BCUT2D eigenvalue weighted by Gasteiger charge is -2.31. The van der Waals surface area contributed by atoms with Crippen LogP contribution in [0.25, 0.3) is 6.08 Å². The molecule has 0 aliphatic carbocycles. The molecule has 0 spiro atoms. The third kappa shape index (κ3) is 2.85. The molecule has 0 N–H and O–H groups in total. The molecule has 1 saturated heterocycles. The summed E-state index contributed by atoms with van der Waals surface area (Å²) >= 11 is 0. The molecule has 3 rings (SSSR count). The Hall–Kier alpha value is -1.81. The lowest BCUT2D eigenvalue weighted by Crippen LogP contribution is -2.46. The molecule has 2 heterocycles. The highest BCUT2D eigenvalue weighted by atomic mass is 16.5. The number of piperazine rings is 1. The molecule has 0 aromatic heterocycles. The van der Waals surface area contributed by atoms with Crippen LogP contribution in [-0.4, -0.2) is 55.5 Å². The average molecular weight is 272 g/mol. The van der Waals surface area contributed by atoms with Crippen LogP contribution in [0.4, 0.5) is 0 Å². The Morgan fingerprint density at radius 3 is 2.85 bits per heavy atom. The monoisotopic (exact) mass is 272 g/mol. The van der Waals surface area contributed by atoms with Gasteiger partial charge in [-0.25, -0.2) is 0 Å². The maximum absolute atomic E-state index is 12.1. The largest absolute Gasteiger partial charge is 0.493 e. The van der Waals surface area contributed by atoms with E-state index in [0.717, 1.165) is 50.5 Å². The molecule has 0 unspecified atom stereocenters. The first-order valence-corrected chi connectivity index (χ1v) is 7.13. The van der Waals surface area contributed by atoms with Crippen molar-refractivity contribution in [2.75, 3.05) is 39.8 Å². The molecule has 2 aliphatic heterocycles. The summed E-state index contributed by atoms with van der Waals surface area (Å²) in [6, 6.07) is 6.09. The van der Waals surface area contributed by atoms with Crippen LogP contribution in [0.5, 0.6) is 5.75 Å². The zero-order chi connectivity index (χ0) is 13.9. The molecule has 2 aliphatic rings. The second kappa shape index (κ2) is 5.67. The number of hydrogen-bond acceptors (Lipinski definition) is 3. The van der Waals surface area contributed by atoms with Gasteiger partial charge in [0.25, 0.3) is 0 Å². The number of benzene rings is 1. The molecule has 1 aromatic carbocycles. The number of fused-ring (bicyclic) bond motifs is 1. The van der Waals surface area contributed by atoms with Gasteiger partial charge in [-0.2, -0.15) is 0 Å². The van der Waals surface area contributed by atoms with Crippen molar-refractivity contribution in [3.8, 4) is 5.75 Å². The van der Waals surface area contributed by atoms with E-state index in [2.05, 4.69) is 18.0 Å². The van der Waals surface area contributed by atoms with Gasteiger partial charge >= 0.3 is 0 Å². The van der Waals surface area contributed by atoms with Crippen LogP contribution in [0, 0.1) is 0 Å². The summed E-state index contributed by atoms with van der Waals surface area (Å²) in [5.74, 6) is 1.09. The van der Waals surface area contributed by atoms with E-state index >= 15 is 0 Å². The predicted molar refractivity (Wildman–Crippen MR) is 78.8 cm³/mol. The van der Waals surface area contributed by atoms with Crippen molar-refractivity contribution in [1.82, 2.24) is 9.80 Å². The molecule has 1 aromatic rings. The van der Waals surface area contributed by atoms with Crippen molar-refractivity contribution in [2.45, 2.75) is 6.42 Å². The van der Waals surface area contributed by atoms with Gasteiger partial charge < -0.3 is 14.5 Å². The molecule has 0 bridgehead atoms. The maximum Gasteiger partial charge on any atom is 0.246 e. The van der Waals surface area contributed by atoms with E-state index < -0.39 is 0 Å². The van der Waals surface area contributed by atoms with Gasteiger partial charge in [0.1, 0.15) is 5.75 Å². The van der Waals surface area contributed by atoms with E-state index in [-0.39, 0.29) is 5.91 Å². The van der Waals surface area contributed by atoms with Gasteiger partial charge in [0.2, 0.25) is 5.91 Å². The van der Waals surface area contributed by atoms with Crippen molar-refractivity contribution in [3.05, 3.63) is 35.4 Å². The van der Waals surface area contributed by atoms with Gasteiger partial charge in [0.05, 0.1) is 6.61 Å². The van der Waals surface area contributed by atoms with Gasteiger partial charge in [-0.15, -0.1) is 0 Å². The van der Waals surface area contributed by atoms with Gasteiger partial charge in [-0.05, 0) is 36.4 Å². The third-order valence-electron chi connectivity index (χ3n) is 3.95. The summed E-state index contributed by atoms with van der Waals surface area (Å²) < 4.78 is 5.48. The van der Waals surface area contributed by atoms with Crippen LogP contribution in [0.15, 0.2) is 24.3 Å². The van der Waals surface area contributed by atoms with Crippen LogP contribution in [-0.2, 0) is 11.2 Å². The number of nitrogens with zero attached hydrogens (tertiary/aromatic N) is 2. The van der Waals surface area contributed by atoms with E-state index in [1.165, 1.54) is 5.56 Å². The number of carbonyl (C=O) groups is 1. The van der Waals surface area contributed by atoms with Crippen LogP contribution in [0.1, 0.15) is 11.1 Å². The minimum absolute atomic E-state index is 0.106. The first-order chi connectivity index (χ1) is 9.72. The molecule has 106 valence electrons. The van der Waals surface area contributed by atoms with Crippen molar-refractivity contribution >= 4 is 12.0 Å². The quantitative estimate of drug-likeness (QED) is 0.763. The van der Waals surface area contributed by atoms with Crippen molar-refractivity contribution < 1.29 is 9.53 Å². The molecule has 4 nitrogen and oxygen atoms in total. The minimum Gasteiger partial charge on any atom is -0.493 e. The SMILES string of the molecule is CN1CCN(C(=O)/C=C/c2ccc3c(c2)CCO3)CC1. The van der Waals surface area contributed by atoms with E-state index in [1.54, 1.807) is 6.08 Å². The van der Waals surface area contributed by atoms with Crippen molar-refractivity contribution in [2.24, 2.45) is 0 Å². The predicted octanol–water partition coefficient (Wildman–Crippen LogP) is 1.41. The highest BCUT2D eigenvalue weighted by Gasteiger charge is 2.17. The fourth-order valence-corrected chi connectivity index (χ4v) is 2.61. The number of hydrogen-bond donors (Lipinski definition) is 0. The average Bonchev–Trinajstić information content (AvgIpc) is 2.93. The first kappa shape index (κ1) is 13.2. The molecule has 1 amide bonds. The summed E-state index contributed by atoms with van der Waals surface area (Å²) in [5.41, 5.74) is 2.30. The lowest BCUT2D eigenvalue weighted by molar-refractivity contribution is -0.127. The number of carbonyl (C=O) groups excluding carboxylic acids is 1. The fraction of sp³-hybridized carbons (Fsp3) is 0.438. The third-order valence-corrected chi connectivity index (χ3v) is 3.95. The lowest BCUT2D eigenvalue weighted by atomic mass is 10.1. The summed E-state index contributed by atoms with van der Waals surface area (Å²) in [7, 11) is 2.09. The van der Waals surface area contributed by atoms with Gasteiger partial charge in [-0.3, -0.25) is 4.79 Å². The number of rotatable bonds is 2. The Morgan fingerprint density at radius 2 is 2.05 bits per heavy atom. The topological polar surface area (TPSA) is 32.8 Å². The molecule has 0 saturated carbocycles. The van der Waals surface area contributed by atoms with Gasteiger partial charge in [-0.1, -0.05) is 6.07 Å². The first-order valence-electron chi connectivity index (χ1n) is 7.13. The zero-order valence-electron chi connectivity index (χ0n) is 11.8. The fourth-order valence-electron chi connectivity index (χ4n) is 2.61. The number of likely N-dealkylation sites (N-methyl/N-ethyl adjacent to an activating group) is 1. The molecular formula is C16H20N2O2. The number of amides is 1. The van der Waals surface area contributed by atoms with E-state index in [9.17, 15) is 4.79 Å². The highest BCUT2D eigenvalue weighted by Crippen LogP contribution is 2.26. The Morgan fingerprint density at radius 1 is 1.25 bits per heavy atom. The Balaban J connectivity index is 1.63. The molecule has 20 heavy (non-hydrogen) atoms. The Bertz CT molecular complexity index is 531. The summed E-state index contributed by atoms with van der Waals surface area (Å²) in [4.78, 5) is 16.3. The highest BCUT2D eigenvalue weighted by molar-refractivity contribution is 5.91. The summed E-state index contributed by atoms with van der Waals surface area (Å²) in [6.07, 6.45) is 4.55. The van der Waals surface area contributed by atoms with E-state index in [0.29, 0.717) is 0 Å². The zero-order valence-corrected chi connectivity index (χ0v) is 11.8.